The van der Waals surface area contributed by atoms with Gasteiger partial charge in [-0.25, -0.2) is 4.98 Å². The lowest BCUT2D eigenvalue weighted by atomic mass is 10.0. The summed E-state index contributed by atoms with van der Waals surface area (Å²) in [4.78, 5) is 8.73. The van der Waals surface area contributed by atoms with E-state index in [1.807, 2.05) is 6.92 Å². The average Bonchev–Trinajstić information content (AvgIpc) is 2.07. The third-order valence-electron chi connectivity index (χ3n) is 2.24. The standard InChI is InChI=1S/C9H11ClN2/c1-6-9(10)12-8-5-3-2-4-7(8)11-6/h2-5H2,1H3. The number of rotatable bonds is 0. The van der Waals surface area contributed by atoms with Gasteiger partial charge in [-0.1, -0.05) is 11.6 Å². The Morgan fingerprint density at radius 1 is 1.08 bits per heavy atom. The van der Waals surface area contributed by atoms with Crippen LogP contribution in [0.2, 0.25) is 5.15 Å². The number of hydrogen-bond donors (Lipinski definition) is 0. The summed E-state index contributed by atoms with van der Waals surface area (Å²) >= 11 is 5.87. The number of hydrogen-bond acceptors (Lipinski definition) is 2. The van der Waals surface area contributed by atoms with Crippen molar-refractivity contribution >= 4 is 11.6 Å². The average molecular weight is 183 g/mol. The Morgan fingerprint density at radius 2 is 1.67 bits per heavy atom. The second-order valence-corrected chi connectivity index (χ2v) is 3.56. The Morgan fingerprint density at radius 3 is 2.33 bits per heavy atom. The van der Waals surface area contributed by atoms with Gasteiger partial charge < -0.3 is 0 Å². The molecule has 0 atom stereocenters. The summed E-state index contributed by atoms with van der Waals surface area (Å²) in [6.07, 6.45) is 4.58. The Kier molecular flexibility index (Phi) is 2.01. The molecule has 1 aromatic heterocycles. The van der Waals surface area contributed by atoms with E-state index in [2.05, 4.69) is 9.97 Å². The molecule has 64 valence electrons. The van der Waals surface area contributed by atoms with Crippen molar-refractivity contribution in [1.82, 2.24) is 9.97 Å². The molecule has 0 saturated carbocycles. The summed E-state index contributed by atoms with van der Waals surface area (Å²) < 4.78 is 0. The number of aromatic nitrogens is 2. The molecule has 3 heteroatoms. The first kappa shape index (κ1) is 7.99. The molecule has 1 aliphatic carbocycles. The molecule has 0 radical (unpaired) electrons. The first-order chi connectivity index (χ1) is 5.77. The van der Waals surface area contributed by atoms with Gasteiger partial charge in [0.05, 0.1) is 17.1 Å². The maximum atomic E-state index is 5.87. The minimum atomic E-state index is 0.565. The zero-order valence-corrected chi connectivity index (χ0v) is 7.86. The van der Waals surface area contributed by atoms with E-state index in [4.69, 9.17) is 11.6 Å². The fourth-order valence-corrected chi connectivity index (χ4v) is 1.71. The van der Waals surface area contributed by atoms with Crippen LogP contribution in [0.4, 0.5) is 0 Å². The van der Waals surface area contributed by atoms with Crippen LogP contribution in [0.25, 0.3) is 0 Å². The molecule has 1 aliphatic rings. The highest BCUT2D eigenvalue weighted by Crippen LogP contribution is 2.20. The van der Waals surface area contributed by atoms with E-state index in [1.54, 1.807) is 0 Å². The molecular weight excluding hydrogens is 172 g/mol. The largest absolute Gasteiger partial charge is 0.253 e. The lowest BCUT2D eigenvalue weighted by molar-refractivity contribution is 0.646. The van der Waals surface area contributed by atoms with Crippen LogP contribution in [0, 0.1) is 6.92 Å². The van der Waals surface area contributed by atoms with Gasteiger partial charge in [-0.15, -0.1) is 0 Å². The van der Waals surface area contributed by atoms with Crippen molar-refractivity contribution in [1.29, 1.82) is 0 Å². The van der Waals surface area contributed by atoms with Gasteiger partial charge in [0.15, 0.2) is 5.15 Å². The molecule has 0 bridgehead atoms. The highest BCUT2D eigenvalue weighted by Gasteiger charge is 2.13. The molecule has 0 fully saturated rings. The zero-order chi connectivity index (χ0) is 8.55. The third-order valence-corrected chi connectivity index (χ3v) is 2.60. The van der Waals surface area contributed by atoms with Crippen molar-refractivity contribution in [3.05, 3.63) is 22.2 Å². The van der Waals surface area contributed by atoms with Gasteiger partial charge in [-0.05, 0) is 32.6 Å². The molecule has 0 unspecified atom stereocenters. The van der Waals surface area contributed by atoms with E-state index in [9.17, 15) is 0 Å². The molecule has 0 saturated heterocycles. The minimum Gasteiger partial charge on any atom is -0.253 e. The Bertz CT molecular complexity index is 279. The second kappa shape index (κ2) is 3.02. The predicted molar refractivity (Wildman–Crippen MR) is 48.4 cm³/mol. The quantitative estimate of drug-likeness (QED) is 0.616. The summed E-state index contributed by atoms with van der Waals surface area (Å²) in [7, 11) is 0. The van der Waals surface area contributed by atoms with Gasteiger partial charge in [0.1, 0.15) is 0 Å². The van der Waals surface area contributed by atoms with Crippen LogP contribution >= 0.6 is 11.6 Å². The number of halogens is 1. The van der Waals surface area contributed by atoms with Crippen LogP contribution < -0.4 is 0 Å². The van der Waals surface area contributed by atoms with E-state index in [0.29, 0.717) is 5.15 Å². The molecule has 0 N–H and O–H groups in total. The van der Waals surface area contributed by atoms with Gasteiger partial charge in [-0.2, -0.15) is 0 Å². The Labute approximate surface area is 77.0 Å². The van der Waals surface area contributed by atoms with Gasteiger partial charge in [0.2, 0.25) is 0 Å². The summed E-state index contributed by atoms with van der Waals surface area (Å²) in [5.41, 5.74) is 3.12. The first-order valence-electron chi connectivity index (χ1n) is 4.29. The highest BCUT2D eigenvalue weighted by atomic mass is 35.5. The Balaban J connectivity index is 2.49. The molecule has 1 heterocycles. The highest BCUT2D eigenvalue weighted by molar-refractivity contribution is 6.29. The molecule has 2 rings (SSSR count). The van der Waals surface area contributed by atoms with Gasteiger partial charge >= 0.3 is 0 Å². The third kappa shape index (κ3) is 1.31. The van der Waals surface area contributed by atoms with Crippen LogP contribution in [-0.4, -0.2) is 9.97 Å². The number of fused-ring (bicyclic) bond motifs is 1. The predicted octanol–water partition coefficient (Wildman–Crippen LogP) is 2.32. The molecule has 0 amide bonds. The second-order valence-electron chi connectivity index (χ2n) is 3.20. The van der Waals surface area contributed by atoms with Crippen LogP contribution in [0.1, 0.15) is 29.9 Å². The van der Waals surface area contributed by atoms with E-state index in [0.717, 1.165) is 29.9 Å². The Hall–Kier alpha value is -0.630. The first-order valence-corrected chi connectivity index (χ1v) is 4.67. The van der Waals surface area contributed by atoms with Crippen molar-refractivity contribution in [2.75, 3.05) is 0 Å². The van der Waals surface area contributed by atoms with Gasteiger partial charge in [0.25, 0.3) is 0 Å². The molecule has 0 aliphatic heterocycles. The van der Waals surface area contributed by atoms with E-state index in [1.165, 1.54) is 12.8 Å². The molecule has 1 aromatic rings. The monoisotopic (exact) mass is 182 g/mol. The minimum absolute atomic E-state index is 0.565. The summed E-state index contributed by atoms with van der Waals surface area (Å²) in [6.45, 7) is 1.91. The fraction of sp³-hybridized carbons (Fsp3) is 0.556. The van der Waals surface area contributed by atoms with Crippen LogP contribution in [0.3, 0.4) is 0 Å². The summed E-state index contributed by atoms with van der Waals surface area (Å²) in [5.74, 6) is 0. The zero-order valence-electron chi connectivity index (χ0n) is 7.10. The maximum absolute atomic E-state index is 5.87. The molecular formula is C9H11ClN2. The van der Waals surface area contributed by atoms with E-state index >= 15 is 0 Å². The van der Waals surface area contributed by atoms with Gasteiger partial charge in [0, 0.05) is 0 Å². The smallest absolute Gasteiger partial charge is 0.150 e. The van der Waals surface area contributed by atoms with Crippen molar-refractivity contribution in [3.63, 3.8) is 0 Å². The normalized spacial score (nSPS) is 15.8. The van der Waals surface area contributed by atoms with Gasteiger partial charge in [-0.3, -0.25) is 4.98 Å². The summed E-state index contributed by atoms with van der Waals surface area (Å²) in [5, 5.41) is 0.565. The van der Waals surface area contributed by atoms with Crippen LogP contribution in [-0.2, 0) is 12.8 Å². The van der Waals surface area contributed by atoms with E-state index < -0.39 is 0 Å². The summed E-state index contributed by atoms with van der Waals surface area (Å²) in [6, 6.07) is 0. The molecule has 2 nitrogen and oxygen atoms in total. The lowest BCUT2D eigenvalue weighted by Gasteiger charge is -2.14. The van der Waals surface area contributed by atoms with Crippen molar-refractivity contribution in [2.24, 2.45) is 0 Å². The van der Waals surface area contributed by atoms with Crippen LogP contribution in [0.5, 0.6) is 0 Å². The van der Waals surface area contributed by atoms with Crippen LogP contribution in [0.15, 0.2) is 0 Å². The molecule has 0 aromatic carbocycles. The lowest BCUT2D eigenvalue weighted by Crippen LogP contribution is -2.09. The fourth-order valence-electron chi connectivity index (χ4n) is 1.56. The van der Waals surface area contributed by atoms with Crippen molar-refractivity contribution in [2.45, 2.75) is 32.6 Å². The number of aryl methyl sites for hydroxylation is 3. The molecule has 12 heavy (non-hydrogen) atoms. The maximum Gasteiger partial charge on any atom is 0.150 e. The van der Waals surface area contributed by atoms with Crippen molar-refractivity contribution in [3.8, 4) is 0 Å². The SMILES string of the molecule is Cc1nc2c(nc1Cl)CCCC2. The molecule has 0 spiro atoms. The number of nitrogens with zero attached hydrogens (tertiary/aromatic N) is 2. The topological polar surface area (TPSA) is 25.8 Å². The van der Waals surface area contributed by atoms with E-state index in [-0.39, 0.29) is 0 Å². The van der Waals surface area contributed by atoms with Crippen molar-refractivity contribution < 1.29 is 0 Å².